The van der Waals surface area contributed by atoms with E-state index in [1.165, 1.54) is 0 Å². The number of hydrogen-bond acceptors (Lipinski definition) is 7. The largest absolute Gasteiger partial charge is 0.488 e. The molecular formula is C26H29F3N6O5. The van der Waals surface area contributed by atoms with E-state index in [2.05, 4.69) is 25.6 Å². The normalized spacial score (nSPS) is 23.0. The molecule has 40 heavy (non-hydrogen) atoms. The van der Waals surface area contributed by atoms with Crippen LogP contribution >= 0.6 is 0 Å². The Morgan fingerprint density at radius 2 is 1.90 bits per heavy atom. The van der Waals surface area contributed by atoms with Crippen molar-refractivity contribution in [3.8, 4) is 5.75 Å². The Morgan fingerprint density at radius 3 is 2.50 bits per heavy atom. The molecule has 2 aromatic rings. The molecule has 3 atom stereocenters. The Hall–Kier alpha value is -3.84. The lowest BCUT2D eigenvalue weighted by atomic mass is 9.88. The summed E-state index contributed by atoms with van der Waals surface area (Å²) >= 11 is 0. The molecule has 3 N–H and O–H groups in total. The Bertz CT molecular complexity index is 1310. The molecule has 1 aromatic heterocycles. The lowest BCUT2D eigenvalue weighted by Gasteiger charge is -2.27. The summed E-state index contributed by atoms with van der Waals surface area (Å²) in [7, 11) is 0. The van der Waals surface area contributed by atoms with E-state index in [9.17, 15) is 27.6 Å². The van der Waals surface area contributed by atoms with Gasteiger partial charge < -0.3 is 25.6 Å². The molecule has 1 aromatic carbocycles. The van der Waals surface area contributed by atoms with Crippen molar-refractivity contribution in [2.24, 2.45) is 17.8 Å². The summed E-state index contributed by atoms with van der Waals surface area (Å²) in [6, 6.07) is 1.70. The van der Waals surface area contributed by atoms with Crippen LogP contribution in [0.1, 0.15) is 47.4 Å². The van der Waals surface area contributed by atoms with E-state index in [0.717, 1.165) is 36.1 Å². The van der Waals surface area contributed by atoms with Gasteiger partial charge in [0.2, 0.25) is 5.91 Å². The number of carbonyl (C=O) groups is 3. The van der Waals surface area contributed by atoms with E-state index < -0.39 is 42.8 Å². The molecule has 3 heterocycles. The van der Waals surface area contributed by atoms with Crippen LogP contribution in [0.2, 0.25) is 0 Å². The molecule has 2 saturated carbocycles. The zero-order chi connectivity index (χ0) is 28.2. The highest BCUT2D eigenvalue weighted by molar-refractivity contribution is 6.01. The van der Waals surface area contributed by atoms with Crippen molar-refractivity contribution in [3.63, 3.8) is 0 Å². The Morgan fingerprint density at radius 1 is 1.18 bits per heavy atom. The van der Waals surface area contributed by atoms with Crippen molar-refractivity contribution < 1.29 is 36.9 Å². The molecule has 11 nitrogen and oxygen atoms in total. The maximum atomic E-state index is 13.6. The van der Waals surface area contributed by atoms with Crippen LogP contribution in [-0.2, 0) is 11.2 Å². The highest BCUT2D eigenvalue weighted by atomic mass is 19.4. The van der Waals surface area contributed by atoms with Crippen molar-refractivity contribution in [2.45, 2.75) is 63.4 Å². The number of nitrogens with zero attached hydrogens (tertiary/aromatic N) is 3. The first-order valence-corrected chi connectivity index (χ1v) is 13.4. The van der Waals surface area contributed by atoms with Gasteiger partial charge >= 0.3 is 12.2 Å². The fraction of sp³-hybridized carbons (Fsp3) is 0.577. The fourth-order valence-electron chi connectivity index (χ4n) is 5.75. The van der Waals surface area contributed by atoms with Gasteiger partial charge in [-0.3, -0.25) is 9.59 Å². The molecule has 2 aliphatic heterocycles. The number of nitrogens with one attached hydrogen (secondary N) is 3. The number of aromatic nitrogens is 2. The molecule has 2 aliphatic carbocycles. The molecule has 4 aliphatic rings. The number of alkyl halides is 3. The zero-order valence-electron chi connectivity index (χ0n) is 21.7. The summed E-state index contributed by atoms with van der Waals surface area (Å²) in [5.41, 5.74) is 1.65. The predicted molar refractivity (Wildman–Crippen MR) is 132 cm³/mol. The van der Waals surface area contributed by atoms with Crippen molar-refractivity contribution in [2.75, 3.05) is 18.4 Å². The van der Waals surface area contributed by atoms with Crippen LogP contribution in [-0.4, -0.2) is 70.5 Å². The van der Waals surface area contributed by atoms with Crippen LogP contribution in [0.15, 0.2) is 22.8 Å². The topological polar surface area (TPSA) is 139 Å². The molecular weight excluding hydrogens is 533 g/mol. The van der Waals surface area contributed by atoms with Gasteiger partial charge in [0.1, 0.15) is 29.6 Å². The van der Waals surface area contributed by atoms with Crippen LogP contribution in [0.5, 0.6) is 5.75 Å². The lowest BCUT2D eigenvalue weighted by molar-refractivity contribution is -0.150. The van der Waals surface area contributed by atoms with Gasteiger partial charge in [-0.2, -0.15) is 13.2 Å². The van der Waals surface area contributed by atoms with Crippen LogP contribution in [0.3, 0.4) is 0 Å². The van der Waals surface area contributed by atoms with Crippen LogP contribution < -0.4 is 20.7 Å². The predicted octanol–water partition coefficient (Wildman–Crippen LogP) is 2.81. The number of amides is 4. The van der Waals surface area contributed by atoms with Gasteiger partial charge in [-0.1, -0.05) is 11.2 Å². The number of hydrogen-bond donors (Lipinski definition) is 3. The van der Waals surface area contributed by atoms with Gasteiger partial charge in [-0.15, -0.1) is 0 Å². The van der Waals surface area contributed by atoms with Crippen LogP contribution in [0, 0.1) is 24.7 Å². The monoisotopic (exact) mass is 562 g/mol. The highest BCUT2D eigenvalue weighted by Crippen LogP contribution is 2.51. The summed E-state index contributed by atoms with van der Waals surface area (Å²) in [6.07, 6.45) is -0.567. The Balaban J connectivity index is 1.12. The number of rotatable bonds is 9. The van der Waals surface area contributed by atoms with Crippen LogP contribution in [0.4, 0.5) is 23.7 Å². The smallest absolute Gasteiger partial charge is 0.410 e. The number of anilines is 1. The molecule has 0 spiro atoms. The van der Waals surface area contributed by atoms with Gasteiger partial charge in [0.25, 0.3) is 5.91 Å². The molecule has 14 heteroatoms. The number of urea groups is 1. The summed E-state index contributed by atoms with van der Waals surface area (Å²) < 4.78 is 49.6. The van der Waals surface area contributed by atoms with E-state index >= 15 is 0 Å². The first-order chi connectivity index (χ1) is 19.1. The highest BCUT2D eigenvalue weighted by Gasteiger charge is 2.49. The third-order valence-corrected chi connectivity index (χ3v) is 8.04. The number of ether oxygens (including phenoxy) is 1. The average molecular weight is 563 g/mol. The maximum absolute atomic E-state index is 13.6. The number of fused-ring (bicyclic) bond motifs is 1. The number of halogens is 3. The molecule has 3 fully saturated rings. The zero-order valence-corrected chi connectivity index (χ0v) is 21.7. The first kappa shape index (κ1) is 26.4. The van der Waals surface area contributed by atoms with E-state index in [-0.39, 0.29) is 24.1 Å². The summed E-state index contributed by atoms with van der Waals surface area (Å²) in [4.78, 5) is 39.7. The minimum Gasteiger partial charge on any atom is -0.488 e. The molecule has 1 saturated heterocycles. The summed E-state index contributed by atoms with van der Waals surface area (Å²) in [5, 5.41) is 15.1. The van der Waals surface area contributed by atoms with E-state index in [4.69, 9.17) is 4.74 Å². The fourth-order valence-corrected chi connectivity index (χ4v) is 5.75. The van der Waals surface area contributed by atoms with Crippen molar-refractivity contribution >= 4 is 23.5 Å². The molecule has 4 amide bonds. The molecule has 0 radical (unpaired) electrons. The van der Waals surface area contributed by atoms with Gasteiger partial charge in [-0.25, -0.2) is 9.42 Å². The van der Waals surface area contributed by atoms with Gasteiger partial charge in [0.15, 0.2) is 5.69 Å². The standard InChI is InChI=1S/C26H29F3N6O5/c1-12-21(34-40-33-12)23(36)32-22(20(13-2-3-13)14-4-5-14)24(37)30-16-7-6-15-8-17(39-18(15)9-16)10-35-11-19(26(27,28)29)31-25(35)38/h6-7,9,13-14,17,19-20,22H,2-5,8,10-11H2,1H3,(H,30,37)(H,31,38)(H,32,36)/t17?,19-,22-/m0/s1. The summed E-state index contributed by atoms with van der Waals surface area (Å²) in [5.74, 6) is 0.344. The molecule has 0 bridgehead atoms. The minimum atomic E-state index is -4.52. The maximum Gasteiger partial charge on any atom is 0.410 e. The summed E-state index contributed by atoms with van der Waals surface area (Å²) in [6.45, 7) is 1.13. The molecule has 1 unspecified atom stereocenters. The SMILES string of the molecule is Cc1nonc1C(=O)N[C@H](C(=O)Nc1ccc2c(c1)OC(CN1C[C@@H](C(F)(F)F)NC1=O)C2)C(C1CC1)C1CC1. The minimum absolute atomic E-state index is 0.00364. The second-order valence-electron chi connectivity index (χ2n) is 11.1. The van der Waals surface area contributed by atoms with Crippen molar-refractivity contribution in [1.29, 1.82) is 0 Å². The van der Waals surface area contributed by atoms with Crippen molar-refractivity contribution in [1.82, 2.24) is 25.8 Å². The van der Waals surface area contributed by atoms with Crippen molar-refractivity contribution in [3.05, 3.63) is 35.2 Å². The molecule has 6 rings (SSSR count). The lowest BCUT2D eigenvalue weighted by Crippen LogP contribution is -2.50. The average Bonchev–Trinajstić information content (AvgIpc) is 3.79. The second-order valence-corrected chi connectivity index (χ2v) is 11.1. The molecule has 214 valence electrons. The van der Waals surface area contributed by atoms with Gasteiger partial charge in [0.05, 0.1) is 13.1 Å². The third kappa shape index (κ3) is 5.43. The van der Waals surface area contributed by atoms with Gasteiger partial charge in [-0.05, 0) is 67.1 Å². The Labute approximate surface area is 227 Å². The van der Waals surface area contributed by atoms with E-state index in [0.29, 0.717) is 35.4 Å². The number of benzene rings is 1. The quantitative estimate of drug-likeness (QED) is 0.427. The Kier molecular flexibility index (Phi) is 6.57. The number of aryl methyl sites for hydroxylation is 1. The second kappa shape index (κ2) is 9.97. The first-order valence-electron chi connectivity index (χ1n) is 13.4. The third-order valence-electron chi connectivity index (χ3n) is 8.04. The van der Waals surface area contributed by atoms with E-state index in [1.807, 2.05) is 5.32 Å². The van der Waals surface area contributed by atoms with E-state index in [1.54, 1.807) is 25.1 Å². The van der Waals surface area contributed by atoms with Crippen LogP contribution in [0.25, 0.3) is 0 Å². The number of carbonyl (C=O) groups excluding carboxylic acids is 3. The van der Waals surface area contributed by atoms with Gasteiger partial charge in [0, 0.05) is 18.2 Å².